The number of nitrogens with two attached hydrogens (primary N) is 1. The second kappa shape index (κ2) is 6.50. The highest BCUT2D eigenvalue weighted by molar-refractivity contribution is 7.17. The van der Waals surface area contributed by atoms with E-state index in [0.717, 1.165) is 38.9 Å². The number of rotatable bonds is 4. The van der Waals surface area contributed by atoms with Crippen LogP contribution in [0.4, 0.5) is 0 Å². The SMILES string of the molecule is CN=CC(=CN)c1ccc2ncnc(-c3ccc(C=O)s3)c2c1. The van der Waals surface area contributed by atoms with Crippen molar-refractivity contribution < 1.29 is 4.79 Å². The van der Waals surface area contributed by atoms with Gasteiger partial charge in [-0.3, -0.25) is 9.79 Å². The van der Waals surface area contributed by atoms with E-state index in [0.29, 0.717) is 4.88 Å². The molecule has 0 aliphatic heterocycles. The molecule has 0 bridgehead atoms. The van der Waals surface area contributed by atoms with Gasteiger partial charge in [-0.05, 0) is 29.8 Å². The van der Waals surface area contributed by atoms with Gasteiger partial charge >= 0.3 is 0 Å². The van der Waals surface area contributed by atoms with Crippen LogP contribution >= 0.6 is 11.3 Å². The molecule has 0 amide bonds. The third-order valence-electron chi connectivity index (χ3n) is 3.39. The molecule has 3 aromatic rings. The summed E-state index contributed by atoms with van der Waals surface area (Å²) in [5.41, 5.74) is 9.09. The fourth-order valence-electron chi connectivity index (χ4n) is 2.33. The zero-order chi connectivity index (χ0) is 16.2. The van der Waals surface area contributed by atoms with Crippen LogP contribution in [0.2, 0.25) is 0 Å². The van der Waals surface area contributed by atoms with Gasteiger partial charge in [0.1, 0.15) is 6.33 Å². The van der Waals surface area contributed by atoms with Crippen molar-refractivity contribution in [1.82, 2.24) is 9.97 Å². The van der Waals surface area contributed by atoms with Gasteiger partial charge in [-0.25, -0.2) is 9.97 Å². The highest BCUT2D eigenvalue weighted by Crippen LogP contribution is 2.32. The summed E-state index contributed by atoms with van der Waals surface area (Å²) in [6.45, 7) is 0. The molecule has 6 heteroatoms. The third-order valence-corrected chi connectivity index (χ3v) is 4.41. The largest absolute Gasteiger partial charge is 0.404 e. The van der Waals surface area contributed by atoms with Crippen LogP contribution in [-0.2, 0) is 0 Å². The molecule has 0 unspecified atom stereocenters. The number of allylic oxidation sites excluding steroid dienone is 1. The molecule has 0 fully saturated rings. The molecular formula is C17H14N4OS. The van der Waals surface area contributed by atoms with Crippen LogP contribution in [0, 0.1) is 0 Å². The van der Waals surface area contributed by atoms with Crippen molar-refractivity contribution in [2.75, 3.05) is 7.05 Å². The van der Waals surface area contributed by atoms with Crippen molar-refractivity contribution in [3.63, 3.8) is 0 Å². The predicted molar refractivity (Wildman–Crippen MR) is 94.8 cm³/mol. The number of nitrogens with zero attached hydrogens (tertiary/aromatic N) is 3. The fourth-order valence-corrected chi connectivity index (χ4v) is 3.16. The van der Waals surface area contributed by atoms with Crippen LogP contribution in [0.3, 0.4) is 0 Å². The van der Waals surface area contributed by atoms with Gasteiger partial charge in [0.15, 0.2) is 6.29 Å². The molecule has 0 aliphatic carbocycles. The van der Waals surface area contributed by atoms with Crippen molar-refractivity contribution in [3.8, 4) is 10.6 Å². The van der Waals surface area contributed by atoms with Crippen LogP contribution in [0.1, 0.15) is 15.2 Å². The Balaban J connectivity index is 2.20. The van der Waals surface area contributed by atoms with E-state index in [1.54, 1.807) is 19.3 Å². The van der Waals surface area contributed by atoms with E-state index < -0.39 is 0 Å². The second-order valence-corrected chi connectivity index (χ2v) is 5.90. The minimum Gasteiger partial charge on any atom is -0.404 e. The first kappa shape index (κ1) is 15.1. The molecule has 2 aromatic heterocycles. The Morgan fingerprint density at radius 3 is 2.83 bits per heavy atom. The molecule has 114 valence electrons. The van der Waals surface area contributed by atoms with E-state index in [4.69, 9.17) is 5.73 Å². The number of thiophene rings is 1. The Kier molecular flexibility index (Phi) is 4.25. The van der Waals surface area contributed by atoms with Gasteiger partial charge in [-0.2, -0.15) is 0 Å². The standard InChI is InChI=1S/C17H14N4OS/c1-19-8-12(7-18)11-2-4-15-14(6-11)17(21-10-20-15)16-5-3-13(9-22)23-16/h2-10H,18H2,1H3. The summed E-state index contributed by atoms with van der Waals surface area (Å²) in [7, 11) is 1.70. The van der Waals surface area contributed by atoms with Gasteiger partial charge in [-0.15, -0.1) is 11.3 Å². The van der Waals surface area contributed by atoms with Crippen LogP contribution in [0.5, 0.6) is 0 Å². The second-order valence-electron chi connectivity index (χ2n) is 4.78. The molecule has 0 spiro atoms. The van der Waals surface area contributed by atoms with E-state index in [1.165, 1.54) is 23.9 Å². The van der Waals surface area contributed by atoms with Gasteiger partial charge in [0, 0.05) is 30.4 Å². The van der Waals surface area contributed by atoms with Gasteiger partial charge in [0.25, 0.3) is 0 Å². The first-order valence-electron chi connectivity index (χ1n) is 6.91. The number of carbonyl (C=O) groups excluding carboxylic acids is 1. The van der Waals surface area contributed by atoms with E-state index in [-0.39, 0.29) is 0 Å². The maximum absolute atomic E-state index is 10.9. The van der Waals surface area contributed by atoms with E-state index in [2.05, 4.69) is 15.0 Å². The summed E-state index contributed by atoms with van der Waals surface area (Å²) in [4.78, 5) is 25.2. The molecule has 0 saturated carbocycles. The number of aliphatic imine (C=N–C) groups is 1. The topological polar surface area (TPSA) is 81.2 Å². The zero-order valence-electron chi connectivity index (χ0n) is 12.4. The molecule has 23 heavy (non-hydrogen) atoms. The predicted octanol–water partition coefficient (Wildman–Crippen LogP) is 3.17. The van der Waals surface area contributed by atoms with Crippen LogP contribution in [0.15, 0.2) is 47.9 Å². The number of hydrogen-bond donors (Lipinski definition) is 1. The molecule has 2 N–H and O–H groups in total. The van der Waals surface area contributed by atoms with Crippen molar-refractivity contribution in [2.45, 2.75) is 0 Å². The van der Waals surface area contributed by atoms with Gasteiger partial charge < -0.3 is 5.73 Å². The van der Waals surface area contributed by atoms with Crippen LogP contribution < -0.4 is 5.73 Å². The Morgan fingerprint density at radius 2 is 2.13 bits per heavy atom. The summed E-state index contributed by atoms with van der Waals surface area (Å²) in [6, 6.07) is 9.56. The molecule has 5 nitrogen and oxygen atoms in total. The number of fused-ring (bicyclic) bond motifs is 1. The lowest BCUT2D eigenvalue weighted by atomic mass is 10.0. The minimum absolute atomic E-state index is 0.670. The monoisotopic (exact) mass is 322 g/mol. The van der Waals surface area contributed by atoms with Crippen LogP contribution in [-0.4, -0.2) is 29.5 Å². The van der Waals surface area contributed by atoms with E-state index >= 15 is 0 Å². The lowest BCUT2D eigenvalue weighted by Crippen LogP contribution is -1.93. The lowest BCUT2D eigenvalue weighted by molar-refractivity contribution is 0.112. The molecule has 1 aromatic carbocycles. The Bertz CT molecular complexity index is 927. The number of aldehydes is 1. The maximum Gasteiger partial charge on any atom is 0.160 e. The first-order valence-corrected chi connectivity index (χ1v) is 7.73. The smallest absolute Gasteiger partial charge is 0.160 e. The van der Waals surface area contributed by atoms with Crippen molar-refractivity contribution >= 4 is 40.3 Å². The molecular weight excluding hydrogens is 308 g/mol. The maximum atomic E-state index is 10.9. The average molecular weight is 322 g/mol. The minimum atomic E-state index is 0.670. The van der Waals surface area contributed by atoms with Crippen molar-refractivity contribution in [2.24, 2.45) is 10.7 Å². The lowest BCUT2D eigenvalue weighted by Gasteiger charge is -2.06. The molecule has 3 rings (SSSR count). The summed E-state index contributed by atoms with van der Waals surface area (Å²) in [5.74, 6) is 0. The Morgan fingerprint density at radius 1 is 1.26 bits per heavy atom. The summed E-state index contributed by atoms with van der Waals surface area (Å²) in [5, 5.41) is 0.910. The molecule has 2 heterocycles. The quantitative estimate of drug-likeness (QED) is 0.591. The van der Waals surface area contributed by atoms with E-state index in [9.17, 15) is 4.79 Å². The van der Waals surface area contributed by atoms with Crippen molar-refractivity contribution in [1.29, 1.82) is 0 Å². The highest BCUT2D eigenvalue weighted by atomic mass is 32.1. The van der Waals surface area contributed by atoms with Gasteiger partial charge in [-0.1, -0.05) is 6.07 Å². The number of carbonyl (C=O) groups is 1. The number of benzene rings is 1. The number of hydrogen-bond acceptors (Lipinski definition) is 6. The van der Waals surface area contributed by atoms with Crippen molar-refractivity contribution in [3.05, 3.63) is 53.3 Å². The third kappa shape index (κ3) is 2.89. The molecule has 0 radical (unpaired) electrons. The summed E-state index contributed by atoms with van der Waals surface area (Å²) < 4.78 is 0. The Hall–Kier alpha value is -2.86. The van der Waals surface area contributed by atoms with Crippen LogP contribution in [0.25, 0.3) is 27.0 Å². The fraction of sp³-hybridized carbons (Fsp3) is 0.0588. The molecule has 0 aliphatic rings. The number of aromatic nitrogens is 2. The van der Waals surface area contributed by atoms with Gasteiger partial charge in [0.05, 0.1) is 21.0 Å². The highest BCUT2D eigenvalue weighted by Gasteiger charge is 2.10. The first-order chi connectivity index (χ1) is 11.3. The Labute approximate surface area is 137 Å². The van der Waals surface area contributed by atoms with Gasteiger partial charge in [0.2, 0.25) is 0 Å². The summed E-state index contributed by atoms with van der Waals surface area (Å²) in [6.07, 6.45) is 5.61. The average Bonchev–Trinajstić information content (AvgIpc) is 3.07. The summed E-state index contributed by atoms with van der Waals surface area (Å²) >= 11 is 1.41. The molecule has 0 saturated heterocycles. The molecule has 0 atom stereocenters. The zero-order valence-corrected chi connectivity index (χ0v) is 13.2. The normalized spacial score (nSPS) is 12.1. The van der Waals surface area contributed by atoms with E-state index in [1.807, 2.05) is 24.3 Å².